The molecule has 0 atom stereocenters. The Bertz CT molecular complexity index is 606. The standard InChI is InChI=1S/C16H27N3O4S.HI/c1-14-4-6-15(7-5-14)23-11-9-19-16(17-2)18-8-10-22-12-13-24(3,20)21;/h4-7H,8-13H2,1-3H3,(H2,17,18,19);1H. The summed E-state index contributed by atoms with van der Waals surface area (Å²) >= 11 is 0. The highest BCUT2D eigenvalue weighted by atomic mass is 127. The van der Waals surface area contributed by atoms with Crippen LogP contribution in [0.2, 0.25) is 0 Å². The highest BCUT2D eigenvalue weighted by molar-refractivity contribution is 14.0. The van der Waals surface area contributed by atoms with Gasteiger partial charge in [0.15, 0.2) is 5.96 Å². The van der Waals surface area contributed by atoms with E-state index in [2.05, 4.69) is 15.6 Å². The topological polar surface area (TPSA) is 89.0 Å². The van der Waals surface area contributed by atoms with Crippen LogP contribution in [0.15, 0.2) is 29.3 Å². The monoisotopic (exact) mass is 485 g/mol. The molecule has 7 nitrogen and oxygen atoms in total. The van der Waals surface area contributed by atoms with E-state index in [1.807, 2.05) is 31.2 Å². The molecule has 0 aromatic heterocycles. The van der Waals surface area contributed by atoms with E-state index in [9.17, 15) is 8.42 Å². The van der Waals surface area contributed by atoms with Crippen molar-refractivity contribution < 1.29 is 17.9 Å². The fourth-order valence-electron chi connectivity index (χ4n) is 1.75. The third-order valence-electron chi connectivity index (χ3n) is 3.05. The zero-order chi connectivity index (χ0) is 17.8. The molecule has 2 N–H and O–H groups in total. The number of rotatable bonds is 10. The second-order valence-corrected chi connectivity index (χ2v) is 7.59. The molecule has 0 spiro atoms. The number of nitrogens with zero attached hydrogens (tertiary/aromatic N) is 1. The SMILES string of the molecule is CN=C(NCCOCCS(C)(=O)=O)NCCOc1ccc(C)cc1.I. The minimum atomic E-state index is -2.97. The normalized spacial score (nSPS) is 11.6. The lowest BCUT2D eigenvalue weighted by Gasteiger charge is -2.12. The number of guanidine groups is 1. The Morgan fingerprint density at radius 1 is 1.08 bits per heavy atom. The maximum absolute atomic E-state index is 10.9. The Labute approximate surface area is 167 Å². The molecule has 0 fully saturated rings. The van der Waals surface area contributed by atoms with E-state index < -0.39 is 9.84 Å². The van der Waals surface area contributed by atoms with Crippen LogP contribution in [-0.2, 0) is 14.6 Å². The van der Waals surface area contributed by atoms with Crippen molar-refractivity contribution in [1.82, 2.24) is 10.6 Å². The van der Waals surface area contributed by atoms with Crippen molar-refractivity contribution in [3.63, 3.8) is 0 Å². The van der Waals surface area contributed by atoms with E-state index >= 15 is 0 Å². The number of halogens is 1. The summed E-state index contributed by atoms with van der Waals surface area (Å²) in [6.07, 6.45) is 1.19. The van der Waals surface area contributed by atoms with E-state index in [0.717, 1.165) is 5.75 Å². The van der Waals surface area contributed by atoms with Crippen LogP contribution in [0.5, 0.6) is 5.75 Å². The second kappa shape index (κ2) is 13.2. The van der Waals surface area contributed by atoms with E-state index in [1.165, 1.54) is 11.8 Å². The fraction of sp³-hybridized carbons (Fsp3) is 0.562. The molecule has 0 unspecified atom stereocenters. The molecule has 1 rings (SSSR count). The van der Waals surface area contributed by atoms with Gasteiger partial charge in [-0.1, -0.05) is 17.7 Å². The lowest BCUT2D eigenvalue weighted by molar-refractivity contribution is 0.154. The predicted molar refractivity (Wildman–Crippen MR) is 112 cm³/mol. The zero-order valence-electron chi connectivity index (χ0n) is 14.9. The molecule has 0 aliphatic rings. The van der Waals surface area contributed by atoms with Crippen LogP contribution in [0.1, 0.15) is 5.56 Å². The third kappa shape index (κ3) is 12.9. The van der Waals surface area contributed by atoms with Crippen molar-refractivity contribution >= 4 is 39.8 Å². The van der Waals surface area contributed by atoms with Gasteiger partial charge in [-0.05, 0) is 19.1 Å². The van der Waals surface area contributed by atoms with Gasteiger partial charge in [0.2, 0.25) is 0 Å². The van der Waals surface area contributed by atoms with Crippen LogP contribution in [0.4, 0.5) is 0 Å². The van der Waals surface area contributed by atoms with Gasteiger partial charge < -0.3 is 20.1 Å². The van der Waals surface area contributed by atoms with Gasteiger partial charge in [-0.15, -0.1) is 24.0 Å². The van der Waals surface area contributed by atoms with E-state index in [4.69, 9.17) is 9.47 Å². The average Bonchev–Trinajstić information content (AvgIpc) is 2.53. The van der Waals surface area contributed by atoms with Crippen molar-refractivity contribution in [1.29, 1.82) is 0 Å². The van der Waals surface area contributed by atoms with Gasteiger partial charge >= 0.3 is 0 Å². The Morgan fingerprint density at radius 3 is 2.24 bits per heavy atom. The molecule has 9 heteroatoms. The summed E-state index contributed by atoms with van der Waals surface area (Å²) < 4.78 is 32.8. The minimum Gasteiger partial charge on any atom is -0.492 e. The van der Waals surface area contributed by atoms with Crippen molar-refractivity contribution in [2.45, 2.75) is 6.92 Å². The number of hydrogen-bond donors (Lipinski definition) is 2. The summed E-state index contributed by atoms with van der Waals surface area (Å²) in [5.74, 6) is 1.52. The van der Waals surface area contributed by atoms with Gasteiger partial charge in [0, 0.05) is 19.8 Å². The number of aryl methyl sites for hydroxylation is 1. The molecule has 0 bridgehead atoms. The smallest absolute Gasteiger partial charge is 0.191 e. The first-order chi connectivity index (χ1) is 11.4. The summed E-state index contributed by atoms with van der Waals surface area (Å²) in [7, 11) is -1.29. The van der Waals surface area contributed by atoms with E-state index in [-0.39, 0.29) is 36.3 Å². The first-order valence-electron chi connectivity index (χ1n) is 7.80. The van der Waals surface area contributed by atoms with Crippen LogP contribution in [0.25, 0.3) is 0 Å². The van der Waals surface area contributed by atoms with Crippen LogP contribution < -0.4 is 15.4 Å². The average molecular weight is 485 g/mol. The van der Waals surface area contributed by atoms with Crippen molar-refractivity contribution in [3.05, 3.63) is 29.8 Å². The van der Waals surface area contributed by atoms with Crippen molar-refractivity contribution in [3.8, 4) is 5.75 Å². The Morgan fingerprint density at radius 2 is 1.68 bits per heavy atom. The van der Waals surface area contributed by atoms with Gasteiger partial charge in [-0.25, -0.2) is 8.42 Å². The molecule has 1 aromatic carbocycles. The molecule has 0 radical (unpaired) electrons. The van der Waals surface area contributed by atoms with Crippen molar-refractivity contribution in [2.75, 3.05) is 52.0 Å². The first kappa shape index (κ1) is 23.9. The van der Waals surface area contributed by atoms with Crippen LogP contribution >= 0.6 is 24.0 Å². The molecule has 0 aliphatic heterocycles. The first-order valence-corrected chi connectivity index (χ1v) is 9.86. The molecule has 0 saturated heterocycles. The van der Waals surface area contributed by atoms with Gasteiger partial charge in [0.1, 0.15) is 22.2 Å². The third-order valence-corrected chi connectivity index (χ3v) is 3.95. The summed E-state index contributed by atoms with van der Waals surface area (Å²) in [6.45, 7) is 4.33. The molecule has 0 aliphatic carbocycles. The van der Waals surface area contributed by atoms with E-state index in [1.54, 1.807) is 7.05 Å². The van der Waals surface area contributed by atoms with Crippen LogP contribution in [0.3, 0.4) is 0 Å². The maximum atomic E-state index is 10.9. The summed E-state index contributed by atoms with van der Waals surface area (Å²) in [4.78, 5) is 4.09. The van der Waals surface area contributed by atoms with E-state index in [0.29, 0.717) is 32.3 Å². The lowest BCUT2D eigenvalue weighted by Crippen LogP contribution is -2.40. The molecule has 0 heterocycles. The number of benzene rings is 1. The zero-order valence-corrected chi connectivity index (χ0v) is 18.1. The summed E-state index contributed by atoms with van der Waals surface area (Å²) in [5.41, 5.74) is 1.20. The molecular weight excluding hydrogens is 457 g/mol. The number of aliphatic imine (C=N–C) groups is 1. The van der Waals surface area contributed by atoms with Gasteiger partial charge in [-0.2, -0.15) is 0 Å². The fourth-order valence-corrected chi connectivity index (χ4v) is 2.17. The molecular formula is C16H28IN3O4S. The number of nitrogens with one attached hydrogen (secondary N) is 2. The number of hydrogen-bond acceptors (Lipinski definition) is 5. The second-order valence-electron chi connectivity index (χ2n) is 5.33. The Balaban J connectivity index is 0.00000576. The predicted octanol–water partition coefficient (Wildman–Crippen LogP) is 1.22. The number of ether oxygens (including phenoxy) is 2. The summed E-state index contributed by atoms with van der Waals surface area (Å²) in [6, 6.07) is 7.90. The highest BCUT2D eigenvalue weighted by Gasteiger charge is 2.01. The minimum absolute atomic E-state index is 0. The Kier molecular flexibility index (Phi) is 12.6. The maximum Gasteiger partial charge on any atom is 0.191 e. The molecule has 0 saturated carbocycles. The Hall–Kier alpha value is -1.07. The van der Waals surface area contributed by atoms with Gasteiger partial charge in [0.25, 0.3) is 0 Å². The van der Waals surface area contributed by atoms with Gasteiger partial charge in [0.05, 0.1) is 25.5 Å². The van der Waals surface area contributed by atoms with Crippen LogP contribution in [-0.4, -0.2) is 66.3 Å². The van der Waals surface area contributed by atoms with Gasteiger partial charge in [-0.3, -0.25) is 4.99 Å². The molecule has 144 valence electrons. The molecule has 0 amide bonds. The highest BCUT2D eigenvalue weighted by Crippen LogP contribution is 2.10. The molecule has 25 heavy (non-hydrogen) atoms. The number of sulfone groups is 1. The summed E-state index contributed by atoms with van der Waals surface area (Å²) in [5, 5.41) is 6.21. The van der Waals surface area contributed by atoms with Crippen molar-refractivity contribution in [2.24, 2.45) is 4.99 Å². The lowest BCUT2D eigenvalue weighted by atomic mass is 10.2. The quantitative estimate of drug-likeness (QED) is 0.224. The largest absolute Gasteiger partial charge is 0.492 e. The van der Waals surface area contributed by atoms with Crippen LogP contribution in [0, 0.1) is 6.92 Å². The molecule has 1 aromatic rings.